The molecular formula is C12H19N5O2. The zero-order valence-electron chi connectivity index (χ0n) is 10.8. The van der Waals surface area contributed by atoms with E-state index in [9.17, 15) is 9.90 Å². The Bertz CT molecular complexity index is 457. The van der Waals surface area contributed by atoms with Gasteiger partial charge in [-0.15, -0.1) is 5.10 Å². The smallest absolute Gasteiger partial charge is 0.276 e. The fraction of sp³-hybridized carbons (Fsp3) is 0.750. The van der Waals surface area contributed by atoms with Crippen LogP contribution in [0.15, 0.2) is 6.20 Å². The monoisotopic (exact) mass is 265 g/mol. The van der Waals surface area contributed by atoms with Crippen molar-refractivity contribution >= 4 is 5.91 Å². The van der Waals surface area contributed by atoms with Crippen LogP contribution in [0, 0.1) is 5.92 Å². The molecule has 2 saturated heterocycles. The van der Waals surface area contributed by atoms with E-state index in [-0.39, 0.29) is 18.4 Å². The van der Waals surface area contributed by atoms with E-state index in [1.165, 1.54) is 0 Å². The Morgan fingerprint density at radius 2 is 2.37 bits per heavy atom. The van der Waals surface area contributed by atoms with Crippen LogP contribution in [0.5, 0.6) is 0 Å². The van der Waals surface area contributed by atoms with Crippen LogP contribution in [0.2, 0.25) is 0 Å². The van der Waals surface area contributed by atoms with Crippen LogP contribution < -0.4 is 5.32 Å². The Labute approximate surface area is 111 Å². The third-order valence-corrected chi connectivity index (χ3v) is 3.93. The van der Waals surface area contributed by atoms with Crippen LogP contribution in [0.25, 0.3) is 0 Å². The molecule has 2 N–H and O–H groups in total. The molecule has 1 aromatic heterocycles. The highest BCUT2D eigenvalue weighted by Gasteiger charge is 2.27. The van der Waals surface area contributed by atoms with Gasteiger partial charge in [-0.25, -0.2) is 4.68 Å². The summed E-state index contributed by atoms with van der Waals surface area (Å²) >= 11 is 0. The van der Waals surface area contributed by atoms with Crippen molar-refractivity contribution in [3.8, 4) is 0 Å². The minimum atomic E-state index is -0.0725. The van der Waals surface area contributed by atoms with Gasteiger partial charge < -0.3 is 15.3 Å². The number of hydrogen-bond acceptors (Lipinski definition) is 5. The molecule has 1 aromatic rings. The summed E-state index contributed by atoms with van der Waals surface area (Å²) in [5.74, 6) is 0.125. The number of carbonyl (C=O) groups excluding carboxylic acids is 1. The van der Waals surface area contributed by atoms with E-state index in [4.69, 9.17) is 0 Å². The van der Waals surface area contributed by atoms with Gasteiger partial charge in [0.1, 0.15) is 0 Å². The average molecular weight is 265 g/mol. The topological polar surface area (TPSA) is 83.3 Å². The van der Waals surface area contributed by atoms with Gasteiger partial charge in [0.25, 0.3) is 5.91 Å². The zero-order chi connectivity index (χ0) is 13.2. The third kappa shape index (κ3) is 2.48. The van der Waals surface area contributed by atoms with E-state index in [1.807, 2.05) is 0 Å². The summed E-state index contributed by atoms with van der Waals surface area (Å²) < 4.78 is 1.76. The SMILES string of the molecule is O=C(c1cn(C2CNC2)nn1)N1CCCC(CO)C1. The van der Waals surface area contributed by atoms with Crippen molar-refractivity contribution in [3.05, 3.63) is 11.9 Å². The summed E-state index contributed by atoms with van der Waals surface area (Å²) in [6.45, 7) is 3.27. The van der Waals surface area contributed by atoms with Crippen molar-refractivity contribution in [1.29, 1.82) is 0 Å². The highest BCUT2D eigenvalue weighted by molar-refractivity contribution is 5.92. The number of hydrogen-bond donors (Lipinski definition) is 2. The second kappa shape index (κ2) is 5.26. The molecule has 1 unspecified atom stereocenters. The lowest BCUT2D eigenvalue weighted by Crippen LogP contribution is -2.43. The van der Waals surface area contributed by atoms with Crippen LogP contribution in [0.3, 0.4) is 0 Å². The van der Waals surface area contributed by atoms with Crippen molar-refractivity contribution in [2.45, 2.75) is 18.9 Å². The van der Waals surface area contributed by atoms with Crippen molar-refractivity contribution in [2.24, 2.45) is 5.92 Å². The Kier molecular flexibility index (Phi) is 3.48. The van der Waals surface area contributed by atoms with Crippen LogP contribution in [-0.4, -0.2) is 63.7 Å². The largest absolute Gasteiger partial charge is 0.396 e. The molecule has 0 spiro atoms. The average Bonchev–Trinajstić information content (AvgIpc) is 2.85. The van der Waals surface area contributed by atoms with Gasteiger partial charge in [-0.2, -0.15) is 0 Å². The van der Waals surface area contributed by atoms with E-state index in [0.29, 0.717) is 18.3 Å². The molecule has 7 heteroatoms. The van der Waals surface area contributed by atoms with Gasteiger partial charge >= 0.3 is 0 Å². The van der Waals surface area contributed by atoms with Gasteiger partial charge in [0.2, 0.25) is 0 Å². The van der Waals surface area contributed by atoms with Crippen molar-refractivity contribution in [1.82, 2.24) is 25.2 Å². The number of amides is 1. The Morgan fingerprint density at radius 1 is 1.53 bits per heavy atom. The first kappa shape index (κ1) is 12.6. The van der Waals surface area contributed by atoms with Gasteiger partial charge in [-0.05, 0) is 18.8 Å². The van der Waals surface area contributed by atoms with Crippen LogP contribution >= 0.6 is 0 Å². The molecule has 0 aromatic carbocycles. The first-order chi connectivity index (χ1) is 9.28. The molecule has 19 heavy (non-hydrogen) atoms. The standard InChI is InChI=1S/C12H19N5O2/c18-8-9-2-1-3-16(6-9)12(19)11-7-17(15-14-11)10-4-13-5-10/h7,9-10,13,18H,1-6,8H2. The van der Waals surface area contributed by atoms with E-state index in [0.717, 1.165) is 32.5 Å². The lowest BCUT2D eigenvalue weighted by atomic mass is 9.99. The number of nitrogens with zero attached hydrogens (tertiary/aromatic N) is 4. The second-order valence-corrected chi connectivity index (χ2v) is 5.34. The Balaban J connectivity index is 1.67. The summed E-state index contributed by atoms with van der Waals surface area (Å²) in [6, 6.07) is 0.320. The van der Waals surface area contributed by atoms with Crippen LogP contribution in [0.1, 0.15) is 29.4 Å². The fourth-order valence-corrected chi connectivity index (χ4v) is 2.57. The molecule has 0 bridgehead atoms. The summed E-state index contributed by atoms with van der Waals surface area (Å²) in [5, 5.41) is 20.4. The van der Waals surface area contributed by atoms with Gasteiger partial charge in [0.05, 0.1) is 12.2 Å². The van der Waals surface area contributed by atoms with E-state index in [2.05, 4.69) is 15.6 Å². The third-order valence-electron chi connectivity index (χ3n) is 3.93. The predicted octanol–water partition coefficient (Wildman–Crippen LogP) is -0.733. The van der Waals surface area contributed by atoms with Gasteiger partial charge in [0, 0.05) is 32.8 Å². The summed E-state index contributed by atoms with van der Waals surface area (Å²) in [6.07, 6.45) is 3.66. The molecular weight excluding hydrogens is 246 g/mol. The highest BCUT2D eigenvalue weighted by atomic mass is 16.3. The fourth-order valence-electron chi connectivity index (χ4n) is 2.57. The number of piperidine rings is 1. The molecule has 104 valence electrons. The predicted molar refractivity (Wildman–Crippen MR) is 67.6 cm³/mol. The molecule has 0 saturated carbocycles. The molecule has 2 aliphatic heterocycles. The number of nitrogens with one attached hydrogen (secondary N) is 1. The Hall–Kier alpha value is -1.47. The number of aliphatic hydroxyl groups excluding tert-OH is 1. The first-order valence-electron chi connectivity index (χ1n) is 6.80. The molecule has 1 atom stereocenters. The molecule has 3 heterocycles. The molecule has 0 radical (unpaired) electrons. The van der Waals surface area contributed by atoms with E-state index >= 15 is 0 Å². The number of aromatic nitrogens is 3. The van der Waals surface area contributed by atoms with E-state index in [1.54, 1.807) is 15.8 Å². The quantitative estimate of drug-likeness (QED) is 0.752. The Morgan fingerprint density at radius 3 is 3.05 bits per heavy atom. The minimum Gasteiger partial charge on any atom is -0.396 e. The highest BCUT2D eigenvalue weighted by Crippen LogP contribution is 2.18. The summed E-state index contributed by atoms with van der Waals surface area (Å²) in [7, 11) is 0. The molecule has 2 aliphatic rings. The number of likely N-dealkylation sites (tertiary alicyclic amines) is 1. The van der Waals surface area contributed by atoms with Crippen molar-refractivity contribution in [2.75, 3.05) is 32.8 Å². The van der Waals surface area contributed by atoms with Gasteiger partial charge in [-0.3, -0.25) is 4.79 Å². The van der Waals surface area contributed by atoms with Crippen LogP contribution in [-0.2, 0) is 0 Å². The summed E-state index contributed by atoms with van der Waals surface area (Å²) in [4.78, 5) is 14.1. The second-order valence-electron chi connectivity index (χ2n) is 5.34. The molecule has 2 fully saturated rings. The molecule has 7 nitrogen and oxygen atoms in total. The number of carbonyl (C=O) groups is 1. The van der Waals surface area contributed by atoms with E-state index < -0.39 is 0 Å². The lowest BCUT2D eigenvalue weighted by Gasteiger charge is -2.31. The minimum absolute atomic E-state index is 0.0725. The first-order valence-corrected chi connectivity index (χ1v) is 6.80. The van der Waals surface area contributed by atoms with Crippen LogP contribution in [0.4, 0.5) is 0 Å². The molecule has 3 rings (SSSR count). The maximum atomic E-state index is 12.3. The van der Waals surface area contributed by atoms with Crippen molar-refractivity contribution < 1.29 is 9.90 Å². The molecule has 0 aliphatic carbocycles. The maximum Gasteiger partial charge on any atom is 0.276 e. The lowest BCUT2D eigenvalue weighted by molar-refractivity contribution is 0.0615. The number of aliphatic hydroxyl groups is 1. The maximum absolute atomic E-state index is 12.3. The summed E-state index contributed by atoms with van der Waals surface area (Å²) in [5.41, 5.74) is 0.408. The molecule has 1 amide bonds. The number of rotatable bonds is 3. The van der Waals surface area contributed by atoms with Gasteiger partial charge in [0.15, 0.2) is 5.69 Å². The van der Waals surface area contributed by atoms with Gasteiger partial charge in [-0.1, -0.05) is 5.21 Å². The van der Waals surface area contributed by atoms with Crippen molar-refractivity contribution in [3.63, 3.8) is 0 Å². The zero-order valence-corrected chi connectivity index (χ0v) is 10.8. The normalized spacial score (nSPS) is 24.3.